The minimum atomic E-state index is -0.361. The molecule has 0 amide bonds. The first-order valence-electron chi connectivity index (χ1n) is 5.10. The van der Waals surface area contributed by atoms with Gasteiger partial charge in [-0.25, -0.2) is 0 Å². The van der Waals surface area contributed by atoms with Gasteiger partial charge in [0.05, 0.1) is 6.10 Å². The van der Waals surface area contributed by atoms with Crippen LogP contribution in [0.25, 0.3) is 0 Å². The van der Waals surface area contributed by atoms with E-state index in [-0.39, 0.29) is 6.10 Å². The molecule has 0 aliphatic rings. The lowest BCUT2D eigenvalue weighted by Gasteiger charge is -2.10. The Bertz CT molecular complexity index is 256. The first-order valence-corrected chi connectivity index (χ1v) is 5.64. The number of aliphatic hydroxyl groups excluding tert-OH is 1. The smallest absolute Gasteiger partial charge is 0.0790 e. The number of hydrogen-bond acceptors (Lipinski definition) is 1. The number of rotatable bonds is 5. The summed E-state index contributed by atoms with van der Waals surface area (Å²) in [6, 6.07) is 8.13. The monoisotopic (exact) mass is 212 g/mol. The van der Waals surface area contributed by atoms with Crippen molar-refractivity contribution < 1.29 is 5.11 Å². The molecule has 0 bridgehead atoms. The molecular weight excluding hydrogens is 196 g/mol. The van der Waals surface area contributed by atoms with Gasteiger partial charge in [-0.15, -0.1) is 11.6 Å². The number of benzene rings is 1. The second kappa shape index (κ2) is 6.05. The Labute approximate surface area is 90.7 Å². The quantitative estimate of drug-likeness (QED) is 0.743. The van der Waals surface area contributed by atoms with Crippen LogP contribution in [-0.2, 0) is 6.42 Å². The van der Waals surface area contributed by atoms with Crippen molar-refractivity contribution in [2.75, 3.05) is 5.88 Å². The van der Waals surface area contributed by atoms with Crippen LogP contribution in [0.5, 0.6) is 0 Å². The van der Waals surface area contributed by atoms with E-state index in [2.05, 4.69) is 19.1 Å². The maximum absolute atomic E-state index is 9.76. The number of halogens is 1. The molecule has 0 saturated carbocycles. The van der Waals surface area contributed by atoms with E-state index >= 15 is 0 Å². The van der Waals surface area contributed by atoms with Crippen molar-refractivity contribution in [1.82, 2.24) is 0 Å². The summed E-state index contributed by atoms with van der Waals surface area (Å²) in [7, 11) is 0. The van der Waals surface area contributed by atoms with Gasteiger partial charge in [-0.1, -0.05) is 31.2 Å². The molecule has 1 atom stereocenters. The molecule has 0 fully saturated rings. The summed E-state index contributed by atoms with van der Waals surface area (Å²) in [6.07, 6.45) is 2.28. The number of aliphatic hydroxyl groups is 1. The third-order valence-electron chi connectivity index (χ3n) is 2.38. The third kappa shape index (κ3) is 3.32. The fourth-order valence-electron chi connectivity index (χ4n) is 1.41. The molecule has 0 aliphatic carbocycles. The zero-order valence-corrected chi connectivity index (χ0v) is 9.30. The van der Waals surface area contributed by atoms with Crippen LogP contribution >= 0.6 is 11.6 Å². The predicted molar refractivity (Wildman–Crippen MR) is 60.7 cm³/mol. The van der Waals surface area contributed by atoms with Crippen molar-refractivity contribution in [2.45, 2.75) is 32.3 Å². The minimum Gasteiger partial charge on any atom is -0.388 e. The zero-order valence-electron chi connectivity index (χ0n) is 8.54. The van der Waals surface area contributed by atoms with Crippen LogP contribution in [0.3, 0.4) is 0 Å². The molecule has 0 heterocycles. The third-order valence-corrected chi connectivity index (χ3v) is 2.65. The summed E-state index contributed by atoms with van der Waals surface area (Å²) < 4.78 is 0. The Balaban J connectivity index is 2.57. The van der Waals surface area contributed by atoms with Crippen molar-refractivity contribution in [2.24, 2.45) is 0 Å². The van der Waals surface area contributed by atoms with Crippen LogP contribution in [0.1, 0.15) is 37.0 Å². The molecule has 2 heteroatoms. The summed E-state index contributed by atoms with van der Waals surface area (Å²) in [5.41, 5.74) is 2.30. The SMILES string of the molecule is CCc1ccc(C(O)CCCCl)cc1. The largest absolute Gasteiger partial charge is 0.388 e. The predicted octanol–water partition coefficient (Wildman–Crippen LogP) is 3.30. The number of hydrogen-bond donors (Lipinski definition) is 1. The van der Waals surface area contributed by atoms with Crippen LogP contribution in [-0.4, -0.2) is 11.0 Å². The Hall–Kier alpha value is -0.530. The molecule has 1 rings (SSSR count). The average Bonchev–Trinajstić information content (AvgIpc) is 2.26. The minimum absolute atomic E-state index is 0.361. The van der Waals surface area contributed by atoms with Crippen LogP contribution in [0.4, 0.5) is 0 Å². The van der Waals surface area contributed by atoms with Crippen LogP contribution in [0, 0.1) is 0 Å². The maximum atomic E-state index is 9.76. The van der Waals surface area contributed by atoms with E-state index in [0.29, 0.717) is 5.88 Å². The molecule has 1 nitrogen and oxygen atoms in total. The van der Waals surface area contributed by atoms with E-state index < -0.39 is 0 Å². The van der Waals surface area contributed by atoms with E-state index in [4.69, 9.17) is 11.6 Å². The molecule has 1 aromatic carbocycles. The van der Waals surface area contributed by atoms with Gasteiger partial charge in [-0.05, 0) is 30.4 Å². The van der Waals surface area contributed by atoms with Gasteiger partial charge >= 0.3 is 0 Å². The van der Waals surface area contributed by atoms with Crippen LogP contribution < -0.4 is 0 Å². The fourth-order valence-corrected chi connectivity index (χ4v) is 1.57. The number of aryl methyl sites for hydroxylation is 1. The van der Waals surface area contributed by atoms with Crippen LogP contribution in [0.2, 0.25) is 0 Å². The van der Waals surface area contributed by atoms with Gasteiger partial charge < -0.3 is 5.11 Å². The first-order chi connectivity index (χ1) is 6.77. The van der Waals surface area contributed by atoms with E-state index in [9.17, 15) is 5.11 Å². The molecule has 14 heavy (non-hydrogen) atoms. The fraction of sp³-hybridized carbons (Fsp3) is 0.500. The summed E-state index contributed by atoms with van der Waals surface area (Å²) >= 11 is 5.57. The molecule has 0 radical (unpaired) electrons. The molecule has 1 unspecified atom stereocenters. The average molecular weight is 213 g/mol. The summed E-state index contributed by atoms with van der Waals surface area (Å²) in [5.74, 6) is 0.615. The molecule has 0 spiro atoms. The Morgan fingerprint density at radius 3 is 2.43 bits per heavy atom. The molecule has 1 aromatic rings. The Morgan fingerprint density at radius 1 is 1.29 bits per heavy atom. The van der Waals surface area contributed by atoms with E-state index in [1.165, 1.54) is 5.56 Å². The summed E-state index contributed by atoms with van der Waals surface area (Å²) in [5, 5.41) is 9.76. The Kier molecular flexibility index (Phi) is 4.99. The summed E-state index contributed by atoms with van der Waals surface area (Å²) in [6.45, 7) is 2.12. The van der Waals surface area contributed by atoms with Gasteiger partial charge in [0, 0.05) is 5.88 Å². The highest BCUT2D eigenvalue weighted by Crippen LogP contribution is 2.19. The molecular formula is C12H17ClO. The van der Waals surface area contributed by atoms with Gasteiger partial charge in [-0.3, -0.25) is 0 Å². The van der Waals surface area contributed by atoms with Crippen molar-refractivity contribution in [3.8, 4) is 0 Å². The second-order valence-electron chi connectivity index (χ2n) is 3.44. The van der Waals surface area contributed by atoms with Crippen LogP contribution in [0.15, 0.2) is 24.3 Å². The van der Waals surface area contributed by atoms with E-state index in [1.54, 1.807) is 0 Å². The van der Waals surface area contributed by atoms with Gasteiger partial charge in [0.1, 0.15) is 0 Å². The van der Waals surface area contributed by atoms with Crippen molar-refractivity contribution >= 4 is 11.6 Å². The van der Waals surface area contributed by atoms with Crippen molar-refractivity contribution in [3.05, 3.63) is 35.4 Å². The van der Waals surface area contributed by atoms with Gasteiger partial charge in [0.2, 0.25) is 0 Å². The van der Waals surface area contributed by atoms with Gasteiger partial charge in [0.25, 0.3) is 0 Å². The zero-order chi connectivity index (χ0) is 10.4. The Morgan fingerprint density at radius 2 is 1.93 bits per heavy atom. The van der Waals surface area contributed by atoms with Crippen molar-refractivity contribution in [3.63, 3.8) is 0 Å². The standard InChI is InChI=1S/C12H17ClO/c1-2-10-5-7-11(8-6-10)12(14)4-3-9-13/h5-8,12,14H,2-4,9H2,1H3. The highest BCUT2D eigenvalue weighted by molar-refractivity contribution is 6.17. The highest BCUT2D eigenvalue weighted by atomic mass is 35.5. The number of alkyl halides is 1. The molecule has 1 N–H and O–H groups in total. The topological polar surface area (TPSA) is 20.2 Å². The molecule has 0 saturated heterocycles. The van der Waals surface area contributed by atoms with Crippen molar-refractivity contribution in [1.29, 1.82) is 0 Å². The normalized spacial score (nSPS) is 12.8. The van der Waals surface area contributed by atoms with E-state index in [1.807, 2.05) is 12.1 Å². The molecule has 0 aliphatic heterocycles. The van der Waals surface area contributed by atoms with Gasteiger partial charge in [-0.2, -0.15) is 0 Å². The maximum Gasteiger partial charge on any atom is 0.0790 e. The van der Waals surface area contributed by atoms with Gasteiger partial charge in [0.15, 0.2) is 0 Å². The first kappa shape index (κ1) is 11.5. The molecule has 78 valence electrons. The molecule has 0 aromatic heterocycles. The lowest BCUT2D eigenvalue weighted by Crippen LogP contribution is -1.97. The summed E-state index contributed by atoms with van der Waals surface area (Å²) in [4.78, 5) is 0. The highest BCUT2D eigenvalue weighted by Gasteiger charge is 2.05. The lowest BCUT2D eigenvalue weighted by molar-refractivity contribution is 0.166. The second-order valence-corrected chi connectivity index (χ2v) is 3.82. The lowest BCUT2D eigenvalue weighted by atomic mass is 10.0. The van der Waals surface area contributed by atoms with E-state index in [0.717, 1.165) is 24.8 Å².